The lowest BCUT2D eigenvalue weighted by atomic mass is 9.82. The van der Waals surface area contributed by atoms with Gasteiger partial charge in [-0.05, 0) is 74.5 Å². The molecule has 0 bridgehead atoms. The van der Waals surface area contributed by atoms with Gasteiger partial charge in [-0.1, -0.05) is 39.0 Å². The lowest BCUT2D eigenvalue weighted by Crippen LogP contribution is -2.44. The van der Waals surface area contributed by atoms with Gasteiger partial charge in [0.15, 0.2) is 23.6 Å². The van der Waals surface area contributed by atoms with E-state index >= 15 is 0 Å². The first kappa shape index (κ1) is 34.4. The summed E-state index contributed by atoms with van der Waals surface area (Å²) in [5, 5.41) is 0. The van der Waals surface area contributed by atoms with Crippen LogP contribution in [0.3, 0.4) is 0 Å². The van der Waals surface area contributed by atoms with Crippen LogP contribution in [0.4, 0.5) is 39.5 Å². The maximum Gasteiger partial charge on any atom is 0.424 e. The van der Waals surface area contributed by atoms with E-state index in [1.807, 2.05) is 0 Å². The second kappa shape index (κ2) is 14.7. The summed E-state index contributed by atoms with van der Waals surface area (Å²) in [4.78, 5) is 0. The molecule has 1 heterocycles. The molecule has 1 aliphatic heterocycles. The third kappa shape index (κ3) is 8.62. The van der Waals surface area contributed by atoms with Gasteiger partial charge in [-0.15, -0.1) is 0 Å². The minimum Gasteiger partial charge on any atom is -0.430 e. The van der Waals surface area contributed by atoms with Crippen LogP contribution >= 0.6 is 0 Å². The Morgan fingerprint density at radius 2 is 1.36 bits per heavy atom. The van der Waals surface area contributed by atoms with Crippen LogP contribution in [0, 0.1) is 35.0 Å². The van der Waals surface area contributed by atoms with E-state index < -0.39 is 70.7 Å². The Morgan fingerprint density at radius 3 is 1.93 bits per heavy atom. The molecule has 12 heteroatoms. The van der Waals surface area contributed by atoms with E-state index in [1.165, 1.54) is 0 Å². The van der Waals surface area contributed by atoms with Crippen molar-refractivity contribution in [2.75, 3.05) is 6.61 Å². The first-order valence-corrected chi connectivity index (χ1v) is 15.2. The van der Waals surface area contributed by atoms with Crippen LogP contribution in [-0.2, 0) is 15.6 Å². The molecule has 2 atom stereocenters. The molecule has 0 radical (unpaired) electrons. The van der Waals surface area contributed by atoms with Gasteiger partial charge in [-0.25, -0.2) is 22.0 Å². The molecule has 2 fully saturated rings. The maximum atomic E-state index is 14.9. The SMILES string of the molecule is CCCCCCCC1CCC(C(F)(F)Oc2cc(F)c(C(F)(F)OC3CCC(c4cc(F)c(F)c(F)c4)CC3)c(F)c2)OC1. The van der Waals surface area contributed by atoms with Crippen LogP contribution in [0.25, 0.3) is 0 Å². The average Bonchev–Trinajstić information content (AvgIpc) is 2.95. The van der Waals surface area contributed by atoms with Gasteiger partial charge >= 0.3 is 12.2 Å². The highest BCUT2D eigenvalue weighted by atomic mass is 19.3. The number of unbranched alkanes of at least 4 members (excludes halogenated alkanes) is 4. The van der Waals surface area contributed by atoms with E-state index in [1.54, 1.807) is 0 Å². The predicted molar refractivity (Wildman–Crippen MR) is 144 cm³/mol. The van der Waals surface area contributed by atoms with Gasteiger partial charge in [0.2, 0.25) is 0 Å². The van der Waals surface area contributed by atoms with Crippen LogP contribution in [0.2, 0.25) is 0 Å². The smallest absolute Gasteiger partial charge is 0.424 e. The molecule has 0 amide bonds. The maximum absolute atomic E-state index is 14.9. The van der Waals surface area contributed by atoms with Crippen molar-refractivity contribution in [3.05, 3.63) is 64.5 Å². The molecule has 4 rings (SSSR count). The molecule has 2 aromatic carbocycles. The third-order valence-electron chi connectivity index (χ3n) is 8.49. The Kier molecular flexibility index (Phi) is 11.5. The van der Waals surface area contributed by atoms with Gasteiger partial charge in [-0.2, -0.15) is 17.6 Å². The second-order valence-electron chi connectivity index (χ2n) is 11.8. The van der Waals surface area contributed by atoms with E-state index in [4.69, 9.17) is 9.47 Å². The quantitative estimate of drug-likeness (QED) is 0.124. The highest BCUT2D eigenvalue weighted by Gasteiger charge is 2.47. The zero-order valence-corrected chi connectivity index (χ0v) is 24.4. The minimum absolute atomic E-state index is 0.0329. The van der Waals surface area contributed by atoms with Gasteiger partial charge in [0.25, 0.3) is 0 Å². The van der Waals surface area contributed by atoms with E-state index in [0.717, 1.165) is 50.7 Å². The number of benzene rings is 2. The van der Waals surface area contributed by atoms with Crippen molar-refractivity contribution in [3.8, 4) is 5.75 Å². The molecular formula is C32H37F9O3. The standard InChI is InChI=1S/C32H37F9O3/c1-2-3-4-5-6-7-19-8-13-28(42-18-19)31(38,39)44-23-16-24(33)29(25(34)17-23)32(40,41)43-22-11-9-20(10-12-22)21-14-26(35)30(37)27(36)15-21/h14-17,19-20,22,28H,2-13,18H2,1H3. The van der Waals surface area contributed by atoms with Crippen LogP contribution in [0.15, 0.2) is 24.3 Å². The first-order valence-electron chi connectivity index (χ1n) is 15.2. The van der Waals surface area contributed by atoms with Crippen LogP contribution in [0.1, 0.15) is 101 Å². The van der Waals surface area contributed by atoms with Crippen molar-refractivity contribution >= 4 is 0 Å². The molecular weight excluding hydrogens is 603 g/mol. The highest BCUT2D eigenvalue weighted by molar-refractivity contribution is 5.33. The molecule has 0 N–H and O–H groups in total. The Bertz CT molecular complexity index is 1190. The number of hydrogen-bond donors (Lipinski definition) is 0. The number of hydrogen-bond acceptors (Lipinski definition) is 3. The number of alkyl halides is 4. The summed E-state index contributed by atoms with van der Waals surface area (Å²) in [7, 11) is 0. The first-order chi connectivity index (χ1) is 20.8. The van der Waals surface area contributed by atoms with Gasteiger partial charge in [0, 0.05) is 12.1 Å². The van der Waals surface area contributed by atoms with Crippen LogP contribution < -0.4 is 4.74 Å². The second-order valence-corrected chi connectivity index (χ2v) is 11.8. The van der Waals surface area contributed by atoms with E-state index in [-0.39, 0.29) is 62.3 Å². The molecule has 1 saturated heterocycles. The van der Waals surface area contributed by atoms with Crippen molar-refractivity contribution in [1.82, 2.24) is 0 Å². The predicted octanol–water partition coefficient (Wildman–Crippen LogP) is 10.3. The Labute approximate surface area is 251 Å². The lowest BCUT2D eigenvalue weighted by Gasteiger charge is -2.33. The summed E-state index contributed by atoms with van der Waals surface area (Å²) in [6.45, 7) is 2.21. The van der Waals surface area contributed by atoms with Crippen molar-refractivity contribution in [2.45, 2.75) is 114 Å². The third-order valence-corrected chi connectivity index (χ3v) is 8.49. The molecule has 0 spiro atoms. The summed E-state index contributed by atoms with van der Waals surface area (Å²) in [5.41, 5.74) is -1.60. The zero-order chi connectivity index (χ0) is 32.1. The van der Waals surface area contributed by atoms with Gasteiger partial charge in [0.05, 0.1) is 12.7 Å². The van der Waals surface area contributed by atoms with Gasteiger partial charge in [0.1, 0.15) is 22.9 Å². The molecule has 3 nitrogen and oxygen atoms in total. The summed E-state index contributed by atoms with van der Waals surface area (Å²) >= 11 is 0. The molecule has 1 aliphatic carbocycles. The summed E-state index contributed by atoms with van der Waals surface area (Å²) in [5.74, 6) is -9.34. The largest absolute Gasteiger partial charge is 0.430 e. The molecule has 2 aromatic rings. The summed E-state index contributed by atoms with van der Waals surface area (Å²) in [6, 6.07) is 2.18. The molecule has 246 valence electrons. The van der Waals surface area contributed by atoms with Crippen molar-refractivity contribution in [1.29, 1.82) is 0 Å². The Morgan fingerprint density at radius 1 is 0.750 bits per heavy atom. The zero-order valence-electron chi connectivity index (χ0n) is 24.4. The van der Waals surface area contributed by atoms with E-state index in [0.29, 0.717) is 6.42 Å². The molecule has 44 heavy (non-hydrogen) atoms. The van der Waals surface area contributed by atoms with Gasteiger partial charge < -0.3 is 14.2 Å². The van der Waals surface area contributed by atoms with Crippen molar-refractivity contribution in [2.24, 2.45) is 5.92 Å². The van der Waals surface area contributed by atoms with Crippen LogP contribution in [0.5, 0.6) is 5.75 Å². The highest BCUT2D eigenvalue weighted by Crippen LogP contribution is 2.42. The van der Waals surface area contributed by atoms with Crippen LogP contribution in [-0.4, -0.2) is 24.9 Å². The molecule has 2 aliphatic rings. The molecule has 2 unspecified atom stereocenters. The fourth-order valence-electron chi connectivity index (χ4n) is 6.04. The van der Waals surface area contributed by atoms with Gasteiger partial charge in [-0.3, -0.25) is 0 Å². The average molecular weight is 641 g/mol. The fraction of sp³-hybridized carbons (Fsp3) is 0.625. The monoisotopic (exact) mass is 640 g/mol. The van der Waals surface area contributed by atoms with Crippen molar-refractivity contribution in [3.63, 3.8) is 0 Å². The number of halogens is 9. The Balaban J connectivity index is 1.31. The fourth-order valence-corrected chi connectivity index (χ4v) is 6.04. The summed E-state index contributed by atoms with van der Waals surface area (Å²) < 4.78 is 144. The minimum atomic E-state index is -4.46. The Hall–Kier alpha value is -2.47. The van der Waals surface area contributed by atoms with Crippen molar-refractivity contribution < 1.29 is 53.7 Å². The number of rotatable bonds is 13. The number of ether oxygens (including phenoxy) is 3. The summed E-state index contributed by atoms with van der Waals surface area (Å²) in [6.07, 6.45) is -4.33. The molecule has 0 aromatic heterocycles. The lowest BCUT2D eigenvalue weighted by molar-refractivity contribution is -0.280. The topological polar surface area (TPSA) is 27.7 Å². The van der Waals surface area contributed by atoms with E-state index in [2.05, 4.69) is 11.7 Å². The molecule has 1 saturated carbocycles. The van der Waals surface area contributed by atoms with E-state index in [9.17, 15) is 39.5 Å². The normalized spacial score (nSPS) is 23.1.